The van der Waals surface area contributed by atoms with Gasteiger partial charge in [0.2, 0.25) is 0 Å². The summed E-state index contributed by atoms with van der Waals surface area (Å²) < 4.78 is 41.9. The molecule has 8 heteroatoms. The van der Waals surface area contributed by atoms with Crippen LogP contribution in [0.25, 0.3) is 5.78 Å². The fourth-order valence-corrected chi connectivity index (χ4v) is 3.81. The zero-order valence-corrected chi connectivity index (χ0v) is 14.2. The molecule has 136 valence electrons. The van der Waals surface area contributed by atoms with Gasteiger partial charge < -0.3 is 5.32 Å². The summed E-state index contributed by atoms with van der Waals surface area (Å²) in [5.41, 5.74) is 0.587. The molecule has 4 rings (SSSR count). The predicted octanol–water partition coefficient (Wildman–Crippen LogP) is 4.20. The number of aromatic nitrogens is 4. The zero-order chi connectivity index (χ0) is 18.3. The van der Waals surface area contributed by atoms with Crippen molar-refractivity contribution >= 4 is 11.6 Å². The van der Waals surface area contributed by atoms with Gasteiger partial charge in [0.05, 0.1) is 5.56 Å². The maximum absolute atomic E-state index is 13.4. The Hall–Kier alpha value is -2.64. The molecule has 26 heavy (non-hydrogen) atoms. The Morgan fingerprint density at radius 2 is 2.00 bits per heavy atom. The van der Waals surface area contributed by atoms with E-state index in [0.717, 1.165) is 31.0 Å². The zero-order valence-electron chi connectivity index (χ0n) is 14.2. The average Bonchev–Trinajstić information content (AvgIpc) is 3.23. The Kier molecular flexibility index (Phi) is 4.05. The molecule has 0 aliphatic heterocycles. The highest BCUT2D eigenvalue weighted by Crippen LogP contribution is 2.42. The normalized spacial score (nSPS) is 20.6. The van der Waals surface area contributed by atoms with Crippen molar-refractivity contribution in [2.75, 3.05) is 5.32 Å². The maximum Gasteiger partial charge on any atom is 0.416 e. The topological polar surface area (TPSA) is 55.1 Å². The number of aryl methyl sites for hydroxylation is 1. The SMILES string of the molecule is Cc1cc(NC2CCCC2c2ccccc2C(F)(F)F)n2ncnc2n1. The number of hydrogen-bond acceptors (Lipinski definition) is 4. The summed E-state index contributed by atoms with van der Waals surface area (Å²) in [6.07, 6.45) is -0.545. The third kappa shape index (κ3) is 3.00. The van der Waals surface area contributed by atoms with Crippen molar-refractivity contribution in [3.8, 4) is 0 Å². The Morgan fingerprint density at radius 3 is 2.81 bits per heavy atom. The van der Waals surface area contributed by atoms with E-state index in [0.29, 0.717) is 17.2 Å². The molecule has 0 spiro atoms. The van der Waals surface area contributed by atoms with Crippen molar-refractivity contribution in [1.29, 1.82) is 0 Å². The van der Waals surface area contributed by atoms with Gasteiger partial charge in [-0.05, 0) is 31.4 Å². The van der Waals surface area contributed by atoms with E-state index in [2.05, 4.69) is 20.4 Å². The van der Waals surface area contributed by atoms with Gasteiger partial charge in [-0.1, -0.05) is 24.6 Å². The number of alkyl halides is 3. The molecule has 0 radical (unpaired) electrons. The van der Waals surface area contributed by atoms with Crippen molar-refractivity contribution in [2.24, 2.45) is 0 Å². The summed E-state index contributed by atoms with van der Waals surface area (Å²) in [5, 5.41) is 7.55. The average molecular weight is 361 g/mol. The molecule has 2 unspecified atom stereocenters. The fraction of sp³-hybridized carbons (Fsp3) is 0.389. The highest BCUT2D eigenvalue weighted by molar-refractivity contribution is 5.47. The van der Waals surface area contributed by atoms with Crippen LogP contribution in [0.5, 0.6) is 0 Å². The van der Waals surface area contributed by atoms with Crippen LogP contribution >= 0.6 is 0 Å². The summed E-state index contributed by atoms with van der Waals surface area (Å²) in [5.74, 6) is 0.962. The molecule has 2 aromatic heterocycles. The second kappa shape index (κ2) is 6.26. The van der Waals surface area contributed by atoms with Gasteiger partial charge in [-0.25, -0.2) is 4.98 Å². The lowest BCUT2D eigenvalue weighted by molar-refractivity contribution is -0.138. The van der Waals surface area contributed by atoms with Crippen LogP contribution in [0.1, 0.15) is 42.0 Å². The summed E-state index contributed by atoms with van der Waals surface area (Å²) in [6.45, 7) is 1.85. The summed E-state index contributed by atoms with van der Waals surface area (Å²) in [7, 11) is 0. The first-order valence-corrected chi connectivity index (χ1v) is 8.53. The smallest absolute Gasteiger partial charge is 0.367 e. The molecule has 1 aliphatic carbocycles. The highest BCUT2D eigenvalue weighted by atomic mass is 19.4. The third-order valence-corrected chi connectivity index (χ3v) is 4.89. The number of rotatable bonds is 3. The monoisotopic (exact) mass is 361 g/mol. The summed E-state index contributed by atoms with van der Waals surface area (Å²) in [6, 6.07) is 7.61. The number of hydrogen-bond donors (Lipinski definition) is 1. The van der Waals surface area contributed by atoms with E-state index in [1.165, 1.54) is 12.4 Å². The number of anilines is 1. The number of fused-ring (bicyclic) bond motifs is 1. The molecule has 1 aromatic carbocycles. The lowest BCUT2D eigenvalue weighted by Crippen LogP contribution is -2.26. The van der Waals surface area contributed by atoms with Crippen LogP contribution < -0.4 is 5.32 Å². The minimum atomic E-state index is -4.35. The quantitative estimate of drug-likeness (QED) is 0.760. The van der Waals surface area contributed by atoms with Crippen LogP contribution in [0, 0.1) is 6.92 Å². The van der Waals surface area contributed by atoms with Crippen LogP contribution in [0.2, 0.25) is 0 Å². The number of nitrogens with zero attached hydrogens (tertiary/aromatic N) is 4. The Morgan fingerprint density at radius 1 is 1.19 bits per heavy atom. The molecular weight excluding hydrogens is 343 g/mol. The lowest BCUT2D eigenvalue weighted by Gasteiger charge is -2.25. The van der Waals surface area contributed by atoms with Crippen molar-refractivity contribution in [3.05, 3.63) is 53.5 Å². The number of benzene rings is 1. The van der Waals surface area contributed by atoms with Gasteiger partial charge in [-0.3, -0.25) is 0 Å². The van der Waals surface area contributed by atoms with Gasteiger partial charge in [0, 0.05) is 23.7 Å². The lowest BCUT2D eigenvalue weighted by atomic mass is 9.89. The van der Waals surface area contributed by atoms with Gasteiger partial charge in [0.1, 0.15) is 12.1 Å². The molecule has 2 atom stereocenters. The molecule has 0 bridgehead atoms. The van der Waals surface area contributed by atoms with E-state index in [1.807, 2.05) is 13.0 Å². The second-order valence-corrected chi connectivity index (χ2v) is 6.63. The Balaban J connectivity index is 1.69. The van der Waals surface area contributed by atoms with Crippen LogP contribution in [0.3, 0.4) is 0 Å². The van der Waals surface area contributed by atoms with Crippen molar-refractivity contribution < 1.29 is 13.2 Å². The van der Waals surface area contributed by atoms with E-state index in [-0.39, 0.29) is 12.0 Å². The van der Waals surface area contributed by atoms with E-state index < -0.39 is 11.7 Å². The molecule has 0 saturated heterocycles. The van der Waals surface area contributed by atoms with Crippen LogP contribution in [0.15, 0.2) is 36.7 Å². The first-order valence-electron chi connectivity index (χ1n) is 8.53. The molecule has 2 heterocycles. The highest BCUT2D eigenvalue weighted by Gasteiger charge is 2.38. The maximum atomic E-state index is 13.4. The van der Waals surface area contributed by atoms with Crippen LogP contribution in [0.4, 0.5) is 19.0 Å². The number of nitrogens with one attached hydrogen (secondary N) is 1. The molecule has 1 N–H and O–H groups in total. The molecule has 3 aromatic rings. The molecule has 1 fully saturated rings. The van der Waals surface area contributed by atoms with E-state index >= 15 is 0 Å². The van der Waals surface area contributed by atoms with Crippen molar-refractivity contribution in [2.45, 2.75) is 44.3 Å². The fourth-order valence-electron chi connectivity index (χ4n) is 3.81. The molecule has 0 amide bonds. The largest absolute Gasteiger partial charge is 0.416 e. The van der Waals surface area contributed by atoms with Gasteiger partial charge in [0.25, 0.3) is 5.78 Å². The minimum Gasteiger partial charge on any atom is -0.367 e. The van der Waals surface area contributed by atoms with Crippen molar-refractivity contribution in [3.63, 3.8) is 0 Å². The third-order valence-electron chi connectivity index (χ3n) is 4.89. The van der Waals surface area contributed by atoms with Gasteiger partial charge >= 0.3 is 6.18 Å². The first-order chi connectivity index (χ1) is 12.4. The molecular formula is C18H18F3N5. The molecule has 1 aliphatic rings. The van der Waals surface area contributed by atoms with Gasteiger partial charge in [-0.2, -0.15) is 27.8 Å². The van der Waals surface area contributed by atoms with E-state index in [9.17, 15) is 13.2 Å². The van der Waals surface area contributed by atoms with E-state index in [1.54, 1.807) is 16.6 Å². The van der Waals surface area contributed by atoms with Crippen LogP contribution in [-0.2, 0) is 6.18 Å². The Labute approximate surface area is 148 Å². The summed E-state index contributed by atoms with van der Waals surface area (Å²) in [4.78, 5) is 8.39. The summed E-state index contributed by atoms with van der Waals surface area (Å²) >= 11 is 0. The molecule has 1 saturated carbocycles. The van der Waals surface area contributed by atoms with E-state index in [4.69, 9.17) is 0 Å². The molecule has 5 nitrogen and oxygen atoms in total. The van der Waals surface area contributed by atoms with Gasteiger partial charge in [0.15, 0.2) is 0 Å². The first kappa shape index (κ1) is 16.8. The standard InChI is InChI=1S/C18H18F3N5/c1-11-9-16(26-17(24-11)22-10-23-26)25-15-8-4-6-13(15)12-5-2-3-7-14(12)18(19,20)21/h2-3,5,7,9-10,13,15,25H,4,6,8H2,1H3. The second-order valence-electron chi connectivity index (χ2n) is 6.63. The Bertz CT molecular complexity index is 934. The van der Waals surface area contributed by atoms with Gasteiger partial charge in [-0.15, -0.1) is 0 Å². The van der Waals surface area contributed by atoms with Crippen molar-refractivity contribution in [1.82, 2.24) is 19.6 Å². The minimum absolute atomic E-state index is 0.104. The van der Waals surface area contributed by atoms with Crippen LogP contribution in [-0.4, -0.2) is 25.6 Å². The number of halogens is 3. The predicted molar refractivity (Wildman–Crippen MR) is 91.0 cm³/mol.